The molecule has 0 unspecified atom stereocenters. The van der Waals surface area contributed by atoms with E-state index in [-0.39, 0.29) is 0 Å². The van der Waals surface area contributed by atoms with Crippen molar-refractivity contribution in [3.63, 3.8) is 0 Å². The van der Waals surface area contributed by atoms with E-state index >= 15 is 0 Å². The van der Waals surface area contributed by atoms with E-state index in [1.165, 1.54) is 21.9 Å². The van der Waals surface area contributed by atoms with E-state index in [1.807, 2.05) is 6.07 Å². The number of anilines is 3. The minimum Gasteiger partial charge on any atom is -0.456 e. The zero-order valence-electron chi connectivity index (χ0n) is 27.8. The topological polar surface area (TPSA) is 21.3 Å². The number of aromatic nitrogens is 1. The third kappa shape index (κ3) is 4.74. The standard InChI is InChI=1S/C48H32N2O/c1-4-16-33(17-5-1)34-18-14-23-37(32-34)49(35-19-6-2-7-20-35)43-31-30-39(38-26-15-29-45-46(38)41-25-11-13-28-44(41)51-45)48-47(43)40-24-10-12-27-42(40)50(48)36-21-8-3-9-22-36/h1-32H. The first-order valence-electron chi connectivity index (χ1n) is 17.4. The molecule has 0 radical (unpaired) electrons. The second kappa shape index (κ2) is 11.9. The molecular formula is C48H32N2O. The SMILES string of the molecule is c1ccc(-c2cccc(N(c3ccccc3)c3ccc(-c4cccc5oc6ccccc6c45)c4c3c3ccccc3n4-c3ccccc3)c2)cc1. The average Bonchev–Trinajstić information content (AvgIpc) is 3.76. The molecule has 3 heteroatoms. The zero-order chi connectivity index (χ0) is 33.7. The molecular weight excluding hydrogens is 621 g/mol. The Balaban J connectivity index is 1.34. The second-order valence-electron chi connectivity index (χ2n) is 12.9. The molecule has 0 saturated carbocycles. The maximum absolute atomic E-state index is 6.41. The molecule has 0 fully saturated rings. The van der Waals surface area contributed by atoms with E-state index < -0.39 is 0 Å². The fraction of sp³-hybridized carbons (Fsp3) is 0. The first-order chi connectivity index (χ1) is 25.3. The smallest absolute Gasteiger partial charge is 0.136 e. The van der Waals surface area contributed by atoms with Crippen LogP contribution < -0.4 is 4.90 Å². The van der Waals surface area contributed by atoms with Crippen LogP contribution >= 0.6 is 0 Å². The van der Waals surface area contributed by atoms with Crippen LogP contribution in [0.2, 0.25) is 0 Å². The molecule has 2 heterocycles. The molecule has 240 valence electrons. The van der Waals surface area contributed by atoms with Crippen LogP contribution in [0.3, 0.4) is 0 Å². The molecule has 2 aromatic heterocycles. The van der Waals surface area contributed by atoms with Gasteiger partial charge in [-0.3, -0.25) is 0 Å². The Hall–Kier alpha value is -6.84. The van der Waals surface area contributed by atoms with Crippen LogP contribution in [-0.4, -0.2) is 4.57 Å². The molecule has 0 spiro atoms. The first kappa shape index (κ1) is 29.1. The fourth-order valence-corrected chi connectivity index (χ4v) is 7.79. The van der Waals surface area contributed by atoms with Gasteiger partial charge in [0.15, 0.2) is 0 Å². The number of benzene rings is 8. The van der Waals surface area contributed by atoms with Gasteiger partial charge in [-0.05, 0) is 77.4 Å². The van der Waals surface area contributed by atoms with Crippen LogP contribution in [0.5, 0.6) is 0 Å². The summed E-state index contributed by atoms with van der Waals surface area (Å²) >= 11 is 0. The van der Waals surface area contributed by atoms with Crippen molar-refractivity contribution in [3.05, 3.63) is 194 Å². The Morgan fingerprint density at radius 1 is 0.412 bits per heavy atom. The Morgan fingerprint density at radius 3 is 1.86 bits per heavy atom. The summed E-state index contributed by atoms with van der Waals surface area (Å²) in [6, 6.07) is 69.1. The molecule has 0 aliphatic rings. The second-order valence-corrected chi connectivity index (χ2v) is 12.9. The lowest BCUT2D eigenvalue weighted by molar-refractivity contribution is 0.669. The van der Waals surface area contributed by atoms with Gasteiger partial charge in [-0.2, -0.15) is 0 Å². The summed E-state index contributed by atoms with van der Waals surface area (Å²) < 4.78 is 8.85. The molecule has 0 amide bonds. The van der Waals surface area contributed by atoms with Crippen LogP contribution in [-0.2, 0) is 0 Å². The number of para-hydroxylation sites is 4. The lowest BCUT2D eigenvalue weighted by atomic mass is 9.95. The Bertz CT molecular complexity index is 2850. The van der Waals surface area contributed by atoms with Gasteiger partial charge in [-0.1, -0.05) is 133 Å². The largest absolute Gasteiger partial charge is 0.456 e. The summed E-state index contributed by atoms with van der Waals surface area (Å²) in [5.41, 5.74) is 13.2. The number of hydrogen-bond donors (Lipinski definition) is 0. The van der Waals surface area contributed by atoms with Crippen molar-refractivity contribution in [2.75, 3.05) is 4.90 Å². The lowest BCUT2D eigenvalue weighted by Gasteiger charge is -2.27. The van der Waals surface area contributed by atoms with Crippen molar-refractivity contribution in [2.24, 2.45) is 0 Å². The molecule has 0 saturated heterocycles. The third-order valence-electron chi connectivity index (χ3n) is 9.97. The minimum atomic E-state index is 0.886. The van der Waals surface area contributed by atoms with Gasteiger partial charge in [0, 0.05) is 44.2 Å². The van der Waals surface area contributed by atoms with Gasteiger partial charge in [0.2, 0.25) is 0 Å². The molecule has 0 aliphatic carbocycles. The maximum Gasteiger partial charge on any atom is 0.136 e. The Kier molecular flexibility index (Phi) is 6.81. The molecule has 0 N–H and O–H groups in total. The highest BCUT2D eigenvalue weighted by atomic mass is 16.3. The predicted molar refractivity (Wildman–Crippen MR) is 214 cm³/mol. The molecule has 0 atom stereocenters. The van der Waals surface area contributed by atoms with E-state index in [2.05, 4.69) is 198 Å². The predicted octanol–water partition coefficient (Wildman–Crippen LogP) is 13.5. The van der Waals surface area contributed by atoms with Crippen molar-refractivity contribution in [1.29, 1.82) is 0 Å². The van der Waals surface area contributed by atoms with Crippen LogP contribution in [0, 0.1) is 0 Å². The van der Waals surface area contributed by atoms with E-state index in [4.69, 9.17) is 4.42 Å². The molecule has 10 aromatic rings. The molecule has 8 aromatic carbocycles. The molecule has 10 rings (SSSR count). The first-order valence-corrected chi connectivity index (χ1v) is 17.4. The van der Waals surface area contributed by atoms with E-state index in [0.717, 1.165) is 66.8 Å². The normalized spacial score (nSPS) is 11.5. The summed E-state index contributed by atoms with van der Waals surface area (Å²) in [4.78, 5) is 2.41. The van der Waals surface area contributed by atoms with E-state index in [9.17, 15) is 0 Å². The molecule has 0 bridgehead atoms. The molecule has 0 aliphatic heterocycles. The summed E-state index contributed by atoms with van der Waals surface area (Å²) in [7, 11) is 0. The zero-order valence-corrected chi connectivity index (χ0v) is 27.8. The van der Waals surface area contributed by atoms with Gasteiger partial charge in [0.05, 0.1) is 16.7 Å². The van der Waals surface area contributed by atoms with Crippen molar-refractivity contribution in [1.82, 2.24) is 4.57 Å². The highest BCUT2D eigenvalue weighted by Crippen LogP contribution is 2.49. The Labute approximate surface area is 295 Å². The van der Waals surface area contributed by atoms with Gasteiger partial charge in [0.1, 0.15) is 11.2 Å². The monoisotopic (exact) mass is 652 g/mol. The summed E-state index contributed by atoms with van der Waals surface area (Å²) in [5, 5.41) is 4.62. The van der Waals surface area contributed by atoms with Gasteiger partial charge in [0.25, 0.3) is 0 Å². The highest BCUT2D eigenvalue weighted by molar-refractivity contribution is 6.23. The number of fused-ring (bicyclic) bond motifs is 6. The third-order valence-corrected chi connectivity index (χ3v) is 9.97. The summed E-state index contributed by atoms with van der Waals surface area (Å²) in [6.45, 7) is 0. The summed E-state index contributed by atoms with van der Waals surface area (Å²) in [6.07, 6.45) is 0. The Morgan fingerprint density at radius 2 is 1.04 bits per heavy atom. The van der Waals surface area contributed by atoms with Crippen molar-refractivity contribution < 1.29 is 4.42 Å². The maximum atomic E-state index is 6.41. The minimum absolute atomic E-state index is 0.886. The van der Waals surface area contributed by atoms with Crippen LogP contribution in [0.1, 0.15) is 0 Å². The van der Waals surface area contributed by atoms with Crippen molar-refractivity contribution in [2.45, 2.75) is 0 Å². The van der Waals surface area contributed by atoms with E-state index in [1.54, 1.807) is 0 Å². The molecule has 3 nitrogen and oxygen atoms in total. The number of rotatable bonds is 6. The van der Waals surface area contributed by atoms with Gasteiger partial charge >= 0.3 is 0 Å². The van der Waals surface area contributed by atoms with Crippen LogP contribution in [0.25, 0.3) is 71.7 Å². The van der Waals surface area contributed by atoms with Crippen LogP contribution in [0.15, 0.2) is 199 Å². The highest BCUT2D eigenvalue weighted by Gasteiger charge is 2.25. The van der Waals surface area contributed by atoms with Crippen molar-refractivity contribution >= 4 is 60.8 Å². The van der Waals surface area contributed by atoms with Gasteiger partial charge < -0.3 is 13.9 Å². The quantitative estimate of drug-likeness (QED) is 0.178. The average molecular weight is 653 g/mol. The van der Waals surface area contributed by atoms with E-state index in [0.29, 0.717) is 0 Å². The molecule has 51 heavy (non-hydrogen) atoms. The van der Waals surface area contributed by atoms with Gasteiger partial charge in [-0.15, -0.1) is 0 Å². The number of hydrogen-bond acceptors (Lipinski definition) is 2. The number of furan rings is 1. The summed E-state index contributed by atoms with van der Waals surface area (Å²) in [5.74, 6) is 0. The van der Waals surface area contributed by atoms with Crippen molar-refractivity contribution in [3.8, 4) is 27.9 Å². The lowest BCUT2D eigenvalue weighted by Crippen LogP contribution is -2.10. The fourth-order valence-electron chi connectivity index (χ4n) is 7.79. The number of nitrogens with zero attached hydrogens (tertiary/aromatic N) is 2. The van der Waals surface area contributed by atoms with Gasteiger partial charge in [-0.25, -0.2) is 0 Å². The van der Waals surface area contributed by atoms with Crippen LogP contribution in [0.4, 0.5) is 17.1 Å².